The molecule has 0 saturated heterocycles. The van der Waals surface area contributed by atoms with Gasteiger partial charge < -0.3 is 0 Å². The lowest BCUT2D eigenvalue weighted by molar-refractivity contribution is 0.531. The van der Waals surface area contributed by atoms with Crippen molar-refractivity contribution < 1.29 is 0 Å². The van der Waals surface area contributed by atoms with Crippen LogP contribution in [-0.2, 0) is 11.3 Å². The zero-order valence-corrected chi connectivity index (χ0v) is 15.0. The van der Waals surface area contributed by atoms with E-state index in [1.54, 1.807) is 23.1 Å². The third kappa shape index (κ3) is 3.50. The van der Waals surface area contributed by atoms with Crippen molar-refractivity contribution in [3.05, 3.63) is 81.3 Å². The molecule has 3 nitrogen and oxygen atoms in total. The molecule has 0 fully saturated rings. The first-order chi connectivity index (χ1) is 11.0. The van der Waals surface area contributed by atoms with E-state index in [9.17, 15) is 0 Å². The van der Waals surface area contributed by atoms with Gasteiger partial charge in [0.2, 0.25) is 0 Å². The Hall–Kier alpha value is -1.20. The van der Waals surface area contributed by atoms with E-state index >= 15 is 0 Å². The van der Waals surface area contributed by atoms with Crippen LogP contribution >= 0.6 is 47.4 Å². The molecule has 1 atom stereocenters. The summed E-state index contributed by atoms with van der Waals surface area (Å²) in [6.45, 7) is 0.457. The highest BCUT2D eigenvalue weighted by atomic mass is 35.5. The zero-order chi connectivity index (χ0) is 16.4. The van der Waals surface area contributed by atoms with Gasteiger partial charge in [-0.25, -0.2) is 4.98 Å². The minimum absolute atomic E-state index is 0.457. The van der Waals surface area contributed by atoms with Gasteiger partial charge in [-0.3, -0.25) is 4.68 Å². The molecule has 0 radical (unpaired) electrons. The molecule has 0 aliphatic heterocycles. The fraction of sp³-hybridized carbons (Fsp3) is 0.125. The predicted octanol–water partition coefficient (Wildman–Crippen LogP) is 5.11. The molecule has 0 bridgehead atoms. The highest BCUT2D eigenvalue weighted by molar-refractivity contribution is 7.81. The standard InChI is InChI=1S/C16H12Cl3N3S/c17-12-3-1-11(2-4-12)16(23,8-22-10-20-9-21-22)14-6-5-13(18)7-15(14)19/h1-7,9-10,23H,8H2. The number of thiol groups is 1. The Morgan fingerprint density at radius 3 is 2.30 bits per heavy atom. The fourth-order valence-corrected chi connectivity index (χ4v) is 3.68. The molecular formula is C16H12Cl3N3S. The summed E-state index contributed by atoms with van der Waals surface area (Å²) in [5, 5.41) is 5.96. The van der Waals surface area contributed by atoms with Crippen LogP contribution in [0.3, 0.4) is 0 Å². The van der Waals surface area contributed by atoms with Crippen molar-refractivity contribution in [2.45, 2.75) is 11.3 Å². The van der Waals surface area contributed by atoms with Crippen LogP contribution in [0.1, 0.15) is 11.1 Å². The van der Waals surface area contributed by atoms with Gasteiger partial charge in [-0.05, 0) is 35.4 Å². The maximum Gasteiger partial charge on any atom is 0.137 e. The molecule has 3 aromatic rings. The summed E-state index contributed by atoms with van der Waals surface area (Å²) >= 11 is 23.4. The number of halogens is 3. The Kier molecular flexibility index (Phi) is 4.87. The Morgan fingerprint density at radius 1 is 1.00 bits per heavy atom. The average Bonchev–Trinajstić information content (AvgIpc) is 3.00. The minimum atomic E-state index is -0.708. The molecule has 7 heteroatoms. The van der Waals surface area contributed by atoms with Crippen LogP contribution in [0, 0.1) is 0 Å². The van der Waals surface area contributed by atoms with Crippen molar-refractivity contribution in [1.82, 2.24) is 14.8 Å². The van der Waals surface area contributed by atoms with Crippen molar-refractivity contribution in [2.75, 3.05) is 0 Å². The smallest absolute Gasteiger partial charge is 0.137 e. The third-order valence-corrected chi connectivity index (χ3v) is 5.00. The summed E-state index contributed by atoms with van der Waals surface area (Å²) in [5.74, 6) is 0. The molecule has 0 aliphatic carbocycles. The van der Waals surface area contributed by atoms with Crippen molar-refractivity contribution in [3.63, 3.8) is 0 Å². The summed E-state index contributed by atoms with van der Waals surface area (Å²) in [5.41, 5.74) is 1.79. The number of hydrogen-bond acceptors (Lipinski definition) is 3. The second kappa shape index (κ2) is 6.73. The van der Waals surface area contributed by atoms with Gasteiger partial charge in [0.1, 0.15) is 12.7 Å². The Morgan fingerprint density at radius 2 is 1.70 bits per heavy atom. The van der Waals surface area contributed by atoms with Crippen LogP contribution in [0.2, 0.25) is 15.1 Å². The van der Waals surface area contributed by atoms with E-state index in [2.05, 4.69) is 10.1 Å². The lowest BCUT2D eigenvalue weighted by atomic mass is 9.90. The molecule has 1 aromatic heterocycles. The van der Waals surface area contributed by atoms with Gasteiger partial charge in [0.05, 0.1) is 11.3 Å². The van der Waals surface area contributed by atoms with Crippen LogP contribution in [0.15, 0.2) is 55.1 Å². The minimum Gasteiger partial charge on any atom is -0.251 e. The second-order valence-corrected chi connectivity index (χ2v) is 7.13. The van der Waals surface area contributed by atoms with E-state index < -0.39 is 4.75 Å². The van der Waals surface area contributed by atoms with Crippen molar-refractivity contribution in [3.8, 4) is 0 Å². The first-order valence-corrected chi connectivity index (χ1v) is 8.33. The Balaban J connectivity index is 2.14. The molecule has 1 heterocycles. The molecule has 23 heavy (non-hydrogen) atoms. The summed E-state index contributed by atoms with van der Waals surface area (Å²) in [6.07, 6.45) is 3.13. The molecule has 0 spiro atoms. The van der Waals surface area contributed by atoms with Gasteiger partial charge in [-0.2, -0.15) is 17.7 Å². The van der Waals surface area contributed by atoms with Gasteiger partial charge in [-0.15, -0.1) is 0 Å². The topological polar surface area (TPSA) is 30.7 Å². The van der Waals surface area contributed by atoms with Crippen LogP contribution in [0.25, 0.3) is 0 Å². The first kappa shape index (κ1) is 16.7. The van der Waals surface area contributed by atoms with Gasteiger partial charge in [0.15, 0.2) is 0 Å². The van der Waals surface area contributed by atoms with Crippen LogP contribution < -0.4 is 0 Å². The van der Waals surface area contributed by atoms with E-state index in [0.29, 0.717) is 21.6 Å². The SMILES string of the molecule is SC(Cn1cncn1)(c1ccc(Cl)cc1)c1ccc(Cl)cc1Cl. The number of nitrogens with zero attached hydrogens (tertiary/aromatic N) is 3. The Labute approximate surface area is 154 Å². The summed E-state index contributed by atoms with van der Waals surface area (Å²) in [6, 6.07) is 12.9. The lowest BCUT2D eigenvalue weighted by Gasteiger charge is -2.30. The van der Waals surface area contributed by atoms with E-state index in [0.717, 1.165) is 11.1 Å². The Bertz CT molecular complexity index is 806. The number of hydrogen-bond donors (Lipinski definition) is 1. The molecule has 0 amide bonds. The van der Waals surface area contributed by atoms with E-state index in [1.165, 1.54) is 6.33 Å². The van der Waals surface area contributed by atoms with E-state index in [-0.39, 0.29) is 0 Å². The molecule has 0 aliphatic rings. The van der Waals surface area contributed by atoms with Gasteiger partial charge >= 0.3 is 0 Å². The first-order valence-electron chi connectivity index (χ1n) is 6.75. The highest BCUT2D eigenvalue weighted by Gasteiger charge is 2.33. The molecule has 0 saturated carbocycles. The van der Waals surface area contributed by atoms with Crippen LogP contribution in [0.4, 0.5) is 0 Å². The number of rotatable bonds is 4. The van der Waals surface area contributed by atoms with E-state index in [1.807, 2.05) is 30.3 Å². The lowest BCUT2D eigenvalue weighted by Crippen LogP contribution is -2.28. The molecule has 3 rings (SSSR count). The van der Waals surface area contributed by atoms with E-state index in [4.69, 9.17) is 47.4 Å². The van der Waals surface area contributed by atoms with Crippen molar-refractivity contribution in [1.29, 1.82) is 0 Å². The predicted molar refractivity (Wildman–Crippen MR) is 97.7 cm³/mol. The third-order valence-electron chi connectivity index (χ3n) is 3.56. The molecular weight excluding hydrogens is 373 g/mol. The summed E-state index contributed by atoms with van der Waals surface area (Å²) < 4.78 is 1.01. The molecule has 2 aromatic carbocycles. The fourth-order valence-electron chi connectivity index (χ4n) is 2.43. The summed E-state index contributed by atoms with van der Waals surface area (Å²) in [7, 11) is 0. The van der Waals surface area contributed by atoms with Gasteiger partial charge in [0, 0.05) is 15.1 Å². The monoisotopic (exact) mass is 383 g/mol. The van der Waals surface area contributed by atoms with Gasteiger partial charge in [0.25, 0.3) is 0 Å². The van der Waals surface area contributed by atoms with Crippen molar-refractivity contribution in [2.24, 2.45) is 0 Å². The molecule has 0 N–H and O–H groups in total. The largest absolute Gasteiger partial charge is 0.251 e. The maximum atomic E-state index is 6.43. The zero-order valence-electron chi connectivity index (χ0n) is 11.8. The number of benzene rings is 2. The van der Waals surface area contributed by atoms with Crippen molar-refractivity contribution >= 4 is 47.4 Å². The normalized spacial score (nSPS) is 13.7. The second-order valence-electron chi connectivity index (χ2n) is 5.08. The maximum absolute atomic E-state index is 6.43. The van der Waals surface area contributed by atoms with Gasteiger partial charge in [-0.1, -0.05) is 53.0 Å². The number of aromatic nitrogens is 3. The molecule has 1 unspecified atom stereocenters. The van der Waals surface area contributed by atoms with Crippen LogP contribution in [-0.4, -0.2) is 14.8 Å². The average molecular weight is 385 g/mol. The summed E-state index contributed by atoms with van der Waals surface area (Å²) in [4.78, 5) is 3.99. The molecule has 118 valence electrons. The quantitative estimate of drug-likeness (QED) is 0.633. The van der Waals surface area contributed by atoms with Crippen LogP contribution in [0.5, 0.6) is 0 Å². The highest BCUT2D eigenvalue weighted by Crippen LogP contribution is 2.42.